The smallest absolute Gasteiger partial charge is 0.329 e. The van der Waals surface area contributed by atoms with Crippen LogP contribution in [-0.2, 0) is 19.6 Å². The standard InChI is InChI=1S/C19H21NO6S/c1-2-12-26-19(22)17(13-27(23,24)25)20-18(21)16-11-7-6-10-15(16)14-8-4-3-5-9-14/h3-11,17H,2,12-13H2,1H3,(H,20,21)(H,23,24,25)/t17-/m0/s1. The van der Waals surface area contributed by atoms with Gasteiger partial charge in [0.1, 0.15) is 11.8 Å². The van der Waals surface area contributed by atoms with Crippen molar-refractivity contribution >= 4 is 22.0 Å². The average molecular weight is 391 g/mol. The van der Waals surface area contributed by atoms with Gasteiger partial charge in [-0.25, -0.2) is 4.79 Å². The maximum Gasteiger partial charge on any atom is 0.329 e. The lowest BCUT2D eigenvalue weighted by atomic mass is 9.99. The van der Waals surface area contributed by atoms with E-state index in [2.05, 4.69) is 5.32 Å². The molecule has 0 fully saturated rings. The minimum Gasteiger partial charge on any atom is -0.464 e. The van der Waals surface area contributed by atoms with E-state index < -0.39 is 33.8 Å². The normalized spacial score (nSPS) is 12.2. The van der Waals surface area contributed by atoms with E-state index in [0.717, 1.165) is 5.56 Å². The van der Waals surface area contributed by atoms with E-state index in [1.165, 1.54) is 0 Å². The zero-order valence-corrected chi connectivity index (χ0v) is 15.6. The van der Waals surface area contributed by atoms with E-state index in [1.54, 1.807) is 31.2 Å². The number of esters is 1. The molecular weight excluding hydrogens is 370 g/mol. The van der Waals surface area contributed by atoms with Gasteiger partial charge in [-0.1, -0.05) is 55.5 Å². The summed E-state index contributed by atoms with van der Waals surface area (Å²) >= 11 is 0. The number of hydrogen-bond acceptors (Lipinski definition) is 5. The molecular formula is C19H21NO6S. The van der Waals surface area contributed by atoms with Crippen LogP contribution in [0, 0.1) is 0 Å². The highest BCUT2D eigenvalue weighted by Crippen LogP contribution is 2.23. The molecule has 1 atom stereocenters. The molecule has 144 valence electrons. The maximum atomic E-state index is 12.7. The first-order chi connectivity index (χ1) is 12.8. The molecule has 2 N–H and O–H groups in total. The SMILES string of the molecule is CCCOC(=O)[C@H](CS(=O)(=O)O)NC(=O)c1ccccc1-c1ccccc1. The molecule has 0 bridgehead atoms. The van der Waals surface area contributed by atoms with Crippen molar-refractivity contribution in [2.24, 2.45) is 0 Å². The fourth-order valence-electron chi connectivity index (χ4n) is 2.47. The highest BCUT2D eigenvalue weighted by atomic mass is 32.2. The Balaban J connectivity index is 2.28. The Kier molecular flexibility index (Phi) is 7.09. The van der Waals surface area contributed by atoms with Crippen molar-refractivity contribution in [1.82, 2.24) is 5.32 Å². The third-order valence-electron chi connectivity index (χ3n) is 3.67. The molecule has 0 aliphatic carbocycles. The van der Waals surface area contributed by atoms with Gasteiger partial charge in [-0.15, -0.1) is 0 Å². The van der Waals surface area contributed by atoms with Crippen LogP contribution in [0.1, 0.15) is 23.7 Å². The molecule has 1 amide bonds. The molecule has 27 heavy (non-hydrogen) atoms. The van der Waals surface area contributed by atoms with Crippen molar-refractivity contribution in [3.8, 4) is 11.1 Å². The van der Waals surface area contributed by atoms with Gasteiger partial charge < -0.3 is 10.1 Å². The van der Waals surface area contributed by atoms with Crippen LogP contribution in [0.2, 0.25) is 0 Å². The summed E-state index contributed by atoms with van der Waals surface area (Å²) in [6, 6.07) is 14.4. The number of carbonyl (C=O) groups is 2. The van der Waals surface area contributed by atoms with E-state index in [4.69, 9.17) is 9.29 Å². The highest BCUT2D eigenvalue weighted by molar-refractivity contribution is 7.85. The second-order valence-corrected chi connectivity index (χ2v) is 7.35. The van der Waals surface area contributed by atoms with Gasteiger partial charge in [0.2, 0.25) is 0 Å². The summed E-state index contributed by atoms with van der Waals surface area (Å²) in [5.74, 6) is -2.52. The molecule has 0 heterocycles. The van der Waals surface area contributed by atoms with Crippen molar-refractivity contribution in [2.45, 2.75) is 19.4 Å². The van der Waals surface area contributed by atoms with Crippen LogP contribution < -0.4 is 5.32 Å². The number of benzene rings is 2. The quantitative estimate of drug-likeness (QED) is 0.528. The minimum absolute atomic E-state index is 0.0806. The van der Waals surface area contributed by atoms with Gasteiger partial charge in [0.15, 0.2) is 0 Å². The first kappa shape index (κ1) is 20.6. The van der Waals surface area contributed by atoms with E-state index in [0.29, 0.717) is 12.0 Å². The molecule has 0 saturated heterocycles. The summed E-state index contributed by atoms with van der Waals surface area (Å²) in [6.45, 7) is 1.86. The second-order valence-electron chi connectivity index (χ2n) is 5.85. The van der Waals surface area contributed by atoms with Gasteiger partial charge in [0, 0.05) is 5.56 Å². The molecule has 2 rings (SSSR count). The summed E-state index contributed by atoms with van der Waals surface area (Å²) in [6.07, 6.45) is 0.537. The molecule has 2 aromatic carbocycles. The molecule has 0 saturated carbocycles. The summed E-state index contributed by atoms with van der Waals surface area (Å²) in [7, 11) is -4.50. The summed E-state index contributed by atoms with van der Waals surface area (Å²) in [4.78, 5) is 24.8. The van der Waals surface area contributed by atoms with Gasteiger partial charge in [-0.05, 0) is 23.6 Å². The van der Waals surface area contributed by atoms with E-state index in [-0.39, 0.29) is 12.2 Å². The molecule has 0 radical (unpaired) electrons. The molecule has 0 aliphatic rings. The van der Waals surface area contributed by atoms with E-state index >= 15 is 0 Å². The van der Waals surface area contributed by atoms with Gasteiger partial charge in [0.05, 0.1) is 6.61 Å². The Hall–Kier alpha value is -2.71. The zero-order valence-electron chi connectivity index (χ0n) is 14.8. The van der Waals surface area contributed by atoms with Crippen molar-refractivity contribution in [3.05, 3.63) is 60.2 Å². The van der Waals surface area contributed by atoms with Crippen molar-refractivity contribution in [1.29, 1.82) is 0 Å². The Morgan fingerprint density at radius 3 is 2.33 bits per heavy atom. The maximum absolute atomic E-state index is 12.7. The average Bonchev–Trinajstić information content (AvgIpc) is 2.65. The van der Waals surface area contributed by atoms with Crippen LogP contribution in [-0.4, -0.2) is 43.2 Å². The minimum atomic E-state index is -4.50. The molecule has 2 aromatic rings. The van der Waals surface area contributed by atoms with Crippen molar-refractivity contribution < 1.29 is 27.3 Å². The van der Waals surface area contributed by atoms with Crippen LogP contribution >= 0.6 is 0 Å². The third-order valence-corrected chi connectivity index (χ3v) is 4.43. The molecule has 0 unspecified atom stereocenters. The van der Waals surface area contributed by atoms with E-state index in [1.807, 2.05) is 30.3 Å². The van der Waals surface area contributed by atoms with Crippen LogP contribution in [0.4, 0.5) is 0 Å². The first-order valence-electron chi connectivity index (χ1n) is 8.39. The summed E-state index contributed by atoms with van der Waals surface area (Å²) < 4.78 is 36.5. The monoisotopic (exact) mass is 391 g/mol. The van der Waals surface area contributed by atoms with Crippen LogP contribution in [0.25, 0.3) is 11.1 Å². The Morgan fingerprint density at radius 2 is 1.70 bits per heavy atom. The lowest BCUT2D eigenvalue weighted by Crippen LogP contribution is -2.46. The van der Waals surface area contributed by atoms with Gasteiger partial charge in [-0.3, -0.25) is 9.35 Å². The Bertz CT molecular complexity index is 895. The summed E-state index contributed by atoms with van der Waals surface area (Å²) in [5, 5.41) is 2.36. The Morgan fingerprint density at radius 1 is 1.07 bits per heavy atom. The lowest BCUT2D eigenvalue weighted by molar-refractivity contribution is -0.145. The number of ether oxygens (including phenoxy) is 1. The predicted molar refractivity (Wildman–Crippen MR) is 101 cm³/mol. The number of carbonyl (C=O) groups excluding carboxylic acids is 2. The largest absolute Gasteiger partial charge is 0.464 e. The highest BCUT2D eigenvalue weighted by Gasteiger charge is 2.28. The Labute approximate surface area is 158 Å². The topological polar surface area (TPSA) is 110 Å². The fraction of sp³-hybridized carbons (Fsp3) is 0.263. The van der Waals surface area contributed by atoms with Crippen LogP contribution in [0.15, 0.2) is 54.6 Å². The molecule has 0 aromatic heterocycles. The second kappa shape index (κ2) is 9.29. The number of amides is 1. The predicted octanol–water partition coefficient (Wildman–Crippen LogP) is 2.29. The molecule has 7 nitrogen and oxygen atoms in total. The fourth-order valence-corrected chi connectivity index (χ4v) is 3.11. The third kappa shape index (κ3) is 6.19. The lowest BCUT2D eigenvalue weighted by Gasteiger charge is -2.17. The zero-order chi connectivity index (χ0) is 19.9. The molecule has 0 aliphatic heterocycles. The van der Waals surface area contributed by atoms with Gasteiger partial charge in [0.25, 0.3) is 16.0 Å². The summed E-state index contributed by atoms with van der Waals surface area (Å²) in [5.41, 5.74) is 1.69. The van der Waals surface area contributed by atoms with Crippen LogP contribution in [0.5, 0.6) is 0 Å². The van der Waals surface area contributed by atoms with E-state index in [9.17, 15) is 18.0 Å². The van der Waals surface area contributed by atoms with Crippen LogP contribution in [0.3, 0.4) is 0 Å². The van der Waals surface area contributed by atoms with Gasteiger partial charge >= 0.3 is 5.97 Å². The van der Waals surface area contributed by atoms with Crippen molar-refractivity contribution in [3.63, 3.8) is 0 Å². The number of rotatable bonds is 8. The van der Waals surface area contributed by atoms with Gasteiger partial charge in [-0.2, -0.15) is 8.42 Å². The van der Waals surface area contributed by atoms with Crippen molar-refractivity contribution in [2.75, 3.05) is 12.4 Å². The molecule has 8 heteroatoms. The first-order valence-corrected chi connectivity index (χ1v) is 10.00. The molecule has 0 spiro atoms. The number of nitrogens with one attached hydrogen (secondary N) is 1. The number of hydrogen-bond donors (Lipinski definition) is 2.